The molecule has 1 aromatic carbocycles. The van der Waals surface area contributed by atoms with Gasteiger partial charge in [0.1, 0.15) is 12.2 Å². The first-order valence-corrected chi connectivity index (χ1v) is 11.4. The zero-order valence-corrected chi connectivity index (χ0v) is 19.1. The lowest BCUT2D eigenvalue weighted by molar-refractivity contribution is 0.177. The van der Waals surface area contributed by atoms with E-state index in [9.17, 15) is 0 Å². The summed E-state index contributed by atoms with van der Waals surface area (Å²) in [5.41, 5.74) is 1.38. The molecule has 0 spiro atoms. The molecule has 1 atom stereocenters. The fourth-order valence-electron chi connectivity index (χ4n) is 3.94. The maximum absolute atomic E-state index is 5.29. The summed E-state index contributed by atoms with van der Waals surface area (Å²) < 4.78 is 7.36. The number of guanidine groups is 1. The van der Waals surface area contributed by atoms with Crippen molar-refractivity contribution in [3.63, 3.8) is 0 Å². The van der Waals surface area contributed by atoms with E-state index in [1.54, 1.807) is 13.4 Å². The minimum absolute atomic E-state index is 0.190. The predicted octanol–water partition coefficient (Wildman–Crippen LogP) is 2.08. The summed E-state index contributed by atoms with van der Waals surface area (Å²) in [5, 5.41) is 15.3. The number of likely N-dealkylation sites (tertiary alicyclic amines) is 1. The van der Waals surface area contributed by atoms with Gasteiger partial charge in [-0.3, -0.25) is 9.89 Å². The van der Waals surface area contributed by atoms with Crippen LogP contribution in [0.4, 0.5) is 0 Å². The fraction of sp³-hybridized carbons (Fsp3) is 0.609. The molecule has 1 unspecified atom stereocenters. The van der Waals surface area contributed by atoms with E-state index in [2.05, 4.69) is 74.5 Å². The SMILES string of the molecule is CCc1nncn1CCN=C(NC(C)COC)NC1CCN(Cc2ccccc2)CC1. The van der Waals surface area contributed by atoms with Gasteiger partial charge >= 0.3 is 0 Å². The summed E-state index contributed by atoms with van der Waals surface area (Å²) in [7, 11) is 1.73. The smallest absolute Gasteiger partial charge is 0.191 e. The Labute approximate surface area is 186 Å². The zero-order chi connectivity index (χ0) is 21.9. The van der Waals surface area contributed by atoms with E-state index in [1.165, 1.54) is 5.56 Å². The van der Waals surface area contributed by atoms with Gasteiger partial charge in [0, 0.05) is 51.8 Å². The van der Waals surface area contributed by atoms with E-state index < -0.39 is 0 Å². The topological polar surface area (TPSA) is 79.6 Å². The number of aliphatic imine (C=N–C) groups is 1. The third kappa shape index (κ3) is 7.63. The van der Waals surface area contributed by atoms with Gasteiger partial charge in [-0.2, -0.15) is 0 Å². The maximum Gasteiger partial charge on any atom is 0.191 e. The van der Waals surface area contributed by atoms with Gasteiger partial charge in [-0.15, -0.1) is 10.2 Å². The van der Waals surface area contributed by atoms with Crippen LogP contribution in [-0.4, -0.2) is 71.1 Å². The molecule has 0 bridgehead atoms. The number of piperidine rings is 1. The molecule has 31 heavy (non-hydrogen) atoms. The largest absolute Gasteiger partial charge is 0.383 e. The fourth-order valence-corrected chi connectivity index (χ4v) is 3.94. The summed E-state index contributed by atoms with van der Waals surface area (Å²) in [5.74, 6) is 1.85. The third-order valence-electron chi connectivity index (χ3n) is 5.60. The summed E-state index contributed by atoms with van der Waals surface area (Å²) in [6.45, 7) is 9.50. The molecule has 1 saturated heterocycles. The van der Waals surface area contributed by atoms with E-state index in [-0.39, 0.29) is 6.04 Å². The third-order valence-corrected chi connectivity index (χ3v) is 5.60. The number of hydrogen-bond donors (Lipinski definition) is 2. The molecular formula is C23H37N7O. The summed E-state index contributed by atoms with van der Waals surface area (Å²) in [6.07, 6.45) is 4.87. The van der Waals surface area contributed by atoms with E-state index >= 15 is 0 Å². The molecule has 1 aliphatic heterocycles. The molecule has 0 aliphatic carbocycles. The normalized spacial score (nSPS) is 16.9. The second-order valence-corrected chi connectivity index (χ2v) is 8.21. The number of rotatable bonds is 10. The van der Waals surface area contributed by atoms with Gasteiger partial charge in [0.05, 0.1) is 13.2 Å². The van der Waals surface area contributed by atoms with Crippen molar-refractivity contribution in [3.8, 4) is 0 Å². The number of ether oxygens (including phenoxy) is 1. The molecular weight excluding hydrogens is 390 g/mol. The van der Waals surface area contributed by atoms with Gasteiger partial charge in [0.15, 0.2) is 5.96 Å². The van der Waals surface area contributed by atoms with E-state index in [4.69, 9.17) is 9.73 Å². The second kappa shape index (κ2) is 12.4. The molecule has 0 radical (unpaired) electrons. The summed E-state index contributed by atoms with van der Waals surface area (Å²) in [4.78, 5) is 7.36. The van der Waals surface area contributed by atoms with Crippen LogP contribution in [-0.2, 0) is 24.2 Å². The van der Waals surface area contributed by atoms with Crippen LogP contribution in [0, 0.1) is 0 Å². The quantitative estimate of drug-likeness (QED) is 0.446. The number of methoxy groups -OCH3 is 1. The molecule has 3 rings (SSSR count). The molecule has 0 amide bonds. The highest BCUT2D eigenvalue weighted by molar-refractivity contribution is 5.80. The van der Waals surface area contributed by atoms with Crippen LogP contribution < -0.4 is 10.6 Å². The molecule has 1 aliphatic rings. The van der Waals surface area contributed by atoms with Crippen molar-refractivity contribution in [1.29, 1.82) is 0 Å². The Bertz CT molecular complexity index is 784. The van der Waals surface area contributed by atoms with Crippen LogP contribution in [0.3, 0.4) is 0 Å². The van der Waals surface area contributed by atoms with Crippen molar-refractivity contribution in [3.05, 3.63) is 48.0 Å². The van der Waals surface area contributed by atoms with Gasteiger partial charge < -0.3 is 19.9 Å². The minimum atomic E-state index is 0.190. The van der Waals surface area contributed by atoms with Crippen molar-refractivity contribution in [1.82, 2.24) is 30.3 Å². The Morgan fingerprint density at radius 1 is 1.26 bits per heavy atom. The van der Waals surface area contributed by atoms with Crippen molar-refractivity contribution < 1.29 is 4.74 Å². The Hall–Kier alpha value is -2.45. The first-order valence-electron chi connectivity index (χ1n) is 11.4. The van der Waals surface area contributed by atoms with E-state index in [0.29, 0.717) is 19.2 Å². The van der Waals surface area contributed by atoms with Gasteiger partial charge in [0.2, 0.25) is 0 Å². The molecule has 1 fully saturated rings. The molecule has 0 saturated carbocycles. The van der Waals surface area contributed by atoms with Crippen LogP contribution in [0.5, 0.6) is 0 Å². The molecule has 2 aromatic rings. The van der Waals surface area contributed by atoms with E-state index in [1.807, 2.05) is 0 Å². The second-order valence-electron chi connectivity index (χ2n) is 8.21. The number of hydrogen-bond acceptors (Lipinski definition) is 5. The summed E-state index contributed by atoms with van der Waals surface area (Å²) in [6, 6.07) is 11.3. The standard InChI is InChI=1S/C23H37N7O/c1-4-22-28-25-18-30(22)15-12-24-23(26-19(2)17-31-3)27-21-10-13-29(14-11-21)16-20-8-6-5-7-9-20/h5-9,18-19,21H,4,10-17H2,1-3H3,(H2,24,26,27). The molecule has 8 nitrogen and oxygen atoms in total. The van der Waals surface area contributed by atoms with Crippen molar-refractivity contribution in [2.45, 2.75) is 58.3 Å². The van der Waals surface area contributed by atoms with Crippen molar-refractivity contribution in [2.75, 3.05) is 33.4 Å². The van der Waals surface area contributed by atoms with Crippen LogP contribution >= 0.6 is 0 Å². The molecule has 2 heterocycles. The number of aryl methyl sites for hydroxylation is 1. The first-order chi connectivity index (χ1) is 15.2. The van der Waals surface area contributed by atoms with Crippen LogP contribution in [0.2, 0.25) is 0 Å². The molecule has 2 N–H and O–H groups in total. The lowest BCUT2D eigenvalue weighted by Gasteiger charge is -2.33. The monoisotopic (exact) mass is 427 g/mol. The summed E-state index contributed by atoms with van der Waals surface area (Å²) >= 11 is 0. The van der Waals surface area contributed by atoms with Gasteiger partial charge in [0.25, 0.3) is 0 Å². The highest BCUT2D eigenvalue weighted by Gasteiger charge is 2.20. The number of nitrogens with zero attached hydrogens (tertiary/aromatic N) is 5. The number of nitrogens with one attached hydrogen (secondary N) is 2. The van der Waals surface area contributed by atoms with Gasteiger partial charge in [-0.05, 0) is 25.3 Å². The molecule has 170 valence electrons. The lowest BCUT2D eigenvalue weighted by Crippen LogP contribution is -2.51. The highest BCUT2D eigenvalue weighted by Crippen LogP contribution is 2.14. The predicted molar refractivity (Wildman–Crippen MR) is 124 cm³/mol. The average molecular weight is 428 g/mol. The highest BCUT2D eigenvalue weighted by atomic mass is 16.5. The zero-order valence-electron chi connectivity index (χ0n) is 19.1. The molecule has 1 aromatic heterocycles. The average Bonchev–Trinajstić information content (AvgIpc) is 3.23. The Balaban J connectivity index is 1.51. The minimum Gasteiger partial charge on any atom is -0.383 e. The van der Waals surface area contributed by atoms with Crippen LogP contribution in [0.25, 0.3) is 0 Å². The Morgan fingerprint density at radius 2 is 2.03 bits per heavy atom. The lowest BCUT2D eigenvalue weighted by atomic mass is 10.0. The number of aromatic nitrogens is 3. The maximum atomic E-state index is 5.29. The van der Waals surface area contributed by atoms with E-state index in [0.717, 1.165) is 57.2 Å². The van der Waals surface area contributed by atoms with Crippen LogP contribution in [0.1, 0.15) is 38.1 Å². The van der Waals surface area contributed by atoms with Crippen molar-refractivity contribution in [2.24, 2.45) is 4.99 Å². The van der Waals surface area contributed by atoms with Gasteiger partial charge in [-0.1, -0.05) is 37.3 Å². The first kappa shape index (κ1) is 23.2. The van der Waals surface area contributed by atoms with Gasteiger partial charge in [-0.25, -0.2) is 0 Å². The van der Waals surface area contributed by atoms with Crippen molar-refractivity contribution >= 4 is 5.96 Å². The Kier molecular flexibility index (Phi) is 9.30. The van der Waals surface area contributed by atoms with Crippen LogP contribution in [0.15, 0.2) is 41.7 Å². The number of benzene rings is 1. The molecule has 8 heteroatoms. The Morgan fingerprint density at radius 3 is 2.74 bits per heavy atom.